The Morgan fingerprint density at radius 3 is 2.59 bits per heavy atom. The molecule has 3 rings (SSSR count). The lowest BCUT2D eigenvalue weighted by molar-refractivity contribution is 0.0679. The highest BCUT2D eigenvalue weighted by atomic mass is 19.1. The van der Waals surface area contributed by atoms with E-state index in [2.05, 4.69) is 5.32 Å². The summed E-state index contributed by atoms with van der Waals surface area (Å²) in [4.78, 5) is 26.3. The molecule has 6 heteroatoms. The monoisotopic (exact) mass is 365 g/mol. The first-order valence-corrected chi connectivity index (χ1v) is 8.90. The number of hydrogen-bond donors (Lipinski definition) is 1. The van der Waals surface area contributed by atoms with E-state index in [1.165, 1.54) is 12.1 Å². The number of carbonyl (C=O) groups is 2. The van der Waals surface area contributed by atoms with Gasteiger partial charge in [0.1, 0.15) is 5.82 Å². The molecule has 1 saturated heterocycles. The molecule has 0 aromatic heterocycles. The van der Waals surface area contributed by atoms with Crippen molar-refractivity contribution in [3.8, 4) is 6.07 Å². The maximum Gasteiger partial charge on any atom is 0.256 e. The minimum atomic E-state index is -0.503. The van der Waals surface area contributed by atoms with E-state index < -0.39 is 5.82 Å². The zero-order chi connectivity index (χ0) is 19.2. The van der Waals surface area contributed by atoms with Gasteiger partial charge in [0.05, 0.1) is 17.2 Å². The number of rotatable bonds is 4. The molecule has 138 valence electrons. The van der Waals surface area contributed by atoms with Crippen LogP contribution in [0.25, 0.3) is 0 Å². The molecule has 1 aliphatic heterocycles. The normalized spacial score (nSPS) is 14.4. The van der Waals surface area contributed by atoms with Crippen molar-refractivity contribution in [2.45, 2.75) is 12.8 Å². The summed E-state index contributed by atoms with van der Waals surface area (Å²) in [5.41, 5.74) is 1.01. The number of nitrogens with zero attached hydrogens (tertiary/aromatic N) is 2. The molecule has 27 heavy (non-hydrogen) atoms. The van der Waals surface area contributed by atoms with Crippen LogP contribution in [-0.4, -0.2) is 36.3 Å². The van der Waals surface area contributed by atoms with Crippen molar-refractivity contribution in [1.82, 2.24) is 10.2 Å². The first kappa shape index (κ1) is 18.6. The second-order valence-corrected chi connectivity index (χ2v) is 6.62. The van der Waals surface area contributed by atoms with Crippen molar-refractivity contribution in [2.75, 3.05) is 19.6 Å². The summed E-state index contributed by atoms with van der Waals surface area (Å²) in [6.07, 6.45) is 1.50. The molecule has 0 saturated carbocycles. The van der Waals surface area contributed by atoms with Gasteiger partial charge in [0, 0.05) is 25.2 Å². The van der Waals surface area contributed by atoms with Gasteiger partial charge in [0.2, 0.25) is 0 Å². The fourth-order valence-corrected chi connectivity index (χ4v) is 3.21. The molecule has 0 radical (unpaired) electrons. The molecule has 0 aliphatic carbocycles. The summed E-state index contributed by atoms with van der Waals surface area (Å²) in [5.74, 6) is -0.741. The van der Waals surface area contributed by atoms with E-state index in [1.54, 1.807) is 41.3 Å². The lowest BCUT2D eigenvalue weighted by Gasteiger charge is -2.32. The highest BCUT2D eigenvalue weighted by Gasteiger charge is 2.25. The van der Waals surface area contributed by atoms with Crippen molar-refractivity contribution in [3.63, 3.8) is 0 Å². The van der Waals surface area contributed by atoms with Gasteiger partial charge in [-0.25, -0.2) is 4.39 Å². The average molecular weight is 365 g/mol. The first-order chi connectivity index (χ1) is 13.1. The van der Waals surface area contributed by atoms with Gasteiger partial charge < -0.3 is 10.2 Å². The van der Waals surface area contributed by atoms with Crippen molar-refractivity contribution in [2.24, 2.45) is 5.92 Å². The number of amides is 2. The quantitative estimate of drug-likeness (QED) is 0.905. The summed E-state index contributed by atoms with van der Waals surface area (Å²) >= 11 is 0. The molecule has 0 atom stereocenters. The van der Waals surface area contributed by atoms with Crippen LogP contribution in [0.5, 0.6) is 0 Å². The maximum absolute atomic E-state index is 13.8. The third kappa shape index (κ3) is 4.50. The number of nitriles is 1. The van der Waals surface area contributed by atoms with Crippen LogP contribution < -0.4 is 5.32 Å². The van der Waals surface area contributed by atoms with Gasteiger partial charge in [0.25, 0.3) is 11.8 Å². The summed E-state index contributed by atoms with van der Waals surface area (Å²) in [6.45, 7) is 1.59. The molecular formula is C21H20FN3O2. The van der Waals surface area contributed by atoms with Gasteiger partial charge in [0.15, 0.2) is 0 Å². The molecule has 5 nitrogen and oxygen atoms in total. The first-order valence-electron chi connectivity index (χ1n) is 8.90. The van der Waals surface area contributed by atoms with Gasteiger partial charge in [-0.1, -0.05) is 18.2 Å². The molecule has 1 fully saturated rings. The summed E-state index contributed by atoms with van der Waals surface area (Å²) in [5, 5.41) is 11.8. The lowest BCUT2D eigenvalue weighted by atomic mass is 9.96. The van der Waals surface area contributed by atoms with E-state index in [0.717, 1.165) is 12.8 Å². The number of likely N-dealkylation sites (tertiary alicyclic amines) is 1. The lowest BCUT2D eigenvalue weighted by Crippen LogP contribution is -2.41. The predicted octanol–water partition coefficient (Wildman–Crippen LogP) is 2.98. The van der Waals surface area contributed by atoms with E-state index >= 15 is 0 Å². The third-order valence-electron chi connectivity index (χ3n) is 4.81. The van der Waals surface area contributed by atoms with E-state index in [9.17, 15) is 14.0 Å². The summed E-state index contributed by atoms with van der Waals surface area (Å²) in [7, 11) is 0. The van der Waals surface area contributed by atoms with Crippen molar-refractivity contribution in [1.29, 1.82) is 5.26 Å². The smallest absolute Gasteiger partial charge is 0.256 e. The summed E-state index contributed by atoms with van der Waals surface area (Å²) in [6, 6.07) is 14.6. The number of halogens is 1. The van der Waals surface area contributed by atoms with Gasteiger partial charge >= 0.3 is 0 Å². The van der Waals surface area contributed by atoms with Crippen LogP contribution in [0.2, 0.25) is 0 Å². The Hall–Kier alpha value is -3.20. The topological polar surface area (TPSA) is 73.2 Å². The van der Waals surface area contributed by atoms with Crippen LogP contribution in [0, 0.1) is 23.1 Å². The minimum absolute atomic E-state index is 0.0987. The largest absolute Gasteiger partial charge is 0.352 e. The van der Waals surface area contributed by atoms with Gasteiger partial charge in [-0.2, -0.15) is 5.26 Å². The Morgan fingerprint density at radius 2 is 1.89 bits per heavy atom. The fraction of sp³-hybridized carbons (Fsp3) is 0.286. The van der Waals surface area contributed by atoms with Crippen molar-refractivity contribution >= 4 is 11.8 Å². The number of carbonyl (C=O) groups excluding carboxylic acids is 2. The third-order valence-corrected chi connectivity index (χ3v) is 4.81. The summed E-state index contributed by atoms with van der Waals surface area (Å²) < 4.78 is 13.8. The molecule has 1 aliphatic rings. The van der Waals surface area contributed by atoms with Crippen LogP contribution in [0.1, 0.15) is 39.1 Å². The van der Waals surface area contributed by atoms with Gasteiger partial charge in [-0.15, -0.1) is 0 Å². The predicted molar refractivity (Wildman–Crippen MR) is 98.5 cm³/mol. The maximum atomic E-state index is 13.8. The number of benzene rings is 2. The molecule has 1 heterocycles. The average Bonchev–Trinajstić information content (AvgIpc) is 2.72. The zero-order valence-corrected chi connectivity index (χ0v) is 14.8. The van der Waals surface area contributed by atoms with E-state index in [1.807, 2.05) is 6.07 Å². The molecule has 2 aromatic carbocycles. The Balaban J connectivity index is 1.50. The standard InChI is InChI=1S/C21H20FN3O2/c22-19-7-2-1-6-18(19)21(27)25-10-8-15(9-11-25)14-24-20(26)17-5-3-4-16(12-17)13-23/h1-7,12,15H,8-11,14H2,(H,24,26). The molecule has 0 spiro atoms. The Morgan fingerprint density at radius 1 is 1.15 bits per heavy atom. The van der Waals surface area contributed by atoms with Crippen molar-refractivity contribution in [3.05, 3.63) is 71.0 Å². The molecule has 0 bridgehead atoms. The Labute approximate surface area is 157 Å². The molecule has 1 N–H and O–H groups in total. The van der Waals surface area contributed by atoms with E-state index in [0.29, 0.717) is 30.8 Å². The fourth-order valence-electron chi connectivity index (χ4n) is 3.21. The van der Waals surface area contributed by atoms with Crippen LogP contribution in [0.15, 0.2) is 48.5 Å². The number of piperidine rings is 1. The highest BCUT2D eigenvalue weighted by Crippen LogP contribution is 2.19. The number of hydrogen-bond acceptors (Lipinski definition) is 3. The minimum Gasteiger partial charge on any atom is -0.352 e. The second kappa shape index (κ2) is 8.45. The molecule has 2 amide bonds. The van der Waals surface area contributed by atoms with Crippen LogP contribution in [-0.2, 0) is 0 Å². The van der Waals surface area contributed by atoms with E-state index in [-0.39, 0.29) is 23.3 Å². The van der Waals surface area contributed by atoms with Crippen LogP contribution in [0.3, 0.4) is 0 Å². The zero-order valence-electron chi connectivity index (χ0n) is 14.8. The highest BCUT2D eigenvalue weighted by molar-refractivity contribution is 5.95. The Kier molecular flexibility index (Phi) is 5.82. The Bertz CT molecular complexity index is 883. The van der Waals surface area contributed by atoms with Crippen LogP contribution >= 0.6 is 0 Å². The van der Waals surface area contributed by atoms with Crippen LogP contribution in [0.4, 0.5) is 4.39 Å². The van der Waals surface area contributed by atoms with E-state index in [4.69, 9.17) is 5.26 Å². The molecular weight excluding hydrogens is 345 g/mol. The van der Waals surface area contributed by atoms with Gasteiger partial charge in [-0.3, -0.25) is 9.59 Å². The van der Waals surface area contributed by atoms with Crippen molar-refractivity contribution < 1.29 is 14.0 Å². The molecule has 0 unspecified atom stereocenters. The number of nitrogens with one attached hydrogen (secondary N) is 1. The SMILES string of the molecule is N#Cc1cccc(C(=O)NCC2CCN(C(=O)c3ccccc3F)CC2)c1. The second-order valence-electron chi connectivity index (χ2n) is 6.62. The molecule has 2 aromatic rings. The van der Waals surface area contributed by atoms with Gasteiger partial charge in [-0.05, 0) is 49.1 Å².